The second-order valence-corrected chi connectivity index (χ2v) is 10.8. The summed E-state index contributed by atoms with van der Waals surface area (Å²) in [5.74, 6) is -0.0792. The van der Waals surface area contributed by atoms with Crippen LogP contribution in [0.15, 0.2) is 42.6 Å². The number of likely N-dealkylation sites (N-methyl/N-ethyl adjacent to an activating group) is 1. The van der Waals surface area contributed by atoms with Gasteiger partial charge in [-0.25, -0.2) is 9.97 Å². The molecule has 2 aliphatic rings. The van der Waals surface area contributed by atoms with Crippen LogP contribution in [0.2, 0.25) is 5.02 Å². The molecule has 1 aromatic carbocycles. The molecule has 220 valence electrons. The zero-order chi connectivity index (χ0) is 29.6. The zero-order valence-corrected chi connectivity index (χ0v) is 24.8. The minimum Gasteiger partial charge on any atom is -0.487 e. The van der Waals surface area contributed by atoms with Crippen LogP contribution in [0.4, 0.5) is 30.4 Å². The molecule has 0 saturated carbocycles. The SMILES string of the molecule is CCCN1CCN(C)CC1.O=CNc1cc(N2CCOc3c2cc(-c2cc(Cl)ccc2P)nc3C(F)(F)F)ccn1. The molecule has 1 N–H and O–H groups in total. The second kappa shape index (κ2) is 13.8. The van der Waals surface area contributed by atoms with E-state index in [2.05, 4.69) is 48.3 Å². The number of rotatable bonds is 6. The van der Waals surface area contributed by atoms with E-state index in [0.29, 0.717) is 34.5 Å². The summed E-state index contributed by atoms with van der Waals surface area (Å²) in [6.45, 7) is 8.89. The smallest absolute Gasteiger partial charge is 0.437 e. The first-order valence-electron chi connectivity index (χ1n) is 13.3. The van der Waals surface area contributed by atoms with Gasteiger partial charge in [0.2, 0.25) is 6.41 Å². The van der Waals surface area contributed by atoms with E-state index in [9.17, 15) is 18.0 Å². The first-order chi connectivity index (χ1) is 19.6. The number of nitrogens with one attached hydrogen (secondary N) is 1. The number of fused-ring (bicyclic) bond motifs is 1. The summed E-state index contributed by atoms with van der Waals surface area (Å²) in [4.78, 5) is 25.3. The Morgan fingerprint density at radius 1 is 1.12 bits per heavy atom. The first-order valence-corrected chi connectivity index (χ1v) is 14.2. The van der Waals surface area contributed by atoms with Crippen molar-refractivity contribution in [2.45, 2.75) is 19.5 Å². The van der Waals surface area contributed by atoms with Gasteiger partial charge in [0.25, 0.3) is 0 Å². The number of amides is 1. The standard InChI is InChI=1S/C20H15ClF3N4O2P.C8H18N2/c21-11-1-2-16(31)13(7-11)14-9-15-18(19(27-14)20(22,23)24)30-6-5-28(15)12-3-4-25-17(8-12)26-10-29;1-3-4-10-7-5-9(2)6-8-10/h1-4,7-10H,5-6,31H2,(H,25,26,29);3-8H2,1-2H3. The highest BCUT2D eigenvalue weighted by Crippen LogP contribution is 2.46. The number of nitrogens with zero attached hydrogens (tertiary/aromatic N) is 5. The lowest BCUT2D eigenvalue weighted by molar-refractivity contribution is -0.142. The van der Waals surface area contributed by atoms with Gasteiger partial charge in [-0.2, -0.15) is 13.2 Å². The summed E-state index contributed by atoms with van der Waals surface area (Å²) in [6.07, 6.45) is -1.50. The van der Waals surface area contributed by atoms with Gasteiger partial charge >= 0.3 is 6.18 Å². The first kappa shape index (κ1) is 31.0. The number of piperazine rings is 1. The Hall–Kier alpha value is -2.98. The van der Waals surface area contributed by atoms with Crippen LogP contribution in [0.25, 0.3) is 11.3 Å². The van der Waals surface area contributed by atoms with Crippen molar-refractivity contribution >= 4 is 49.7 Å². The van der Waals surface area contributed by atoms with Gasteiger partial charge in [0.1, 0.15) is 12.4 Å². The van der Waals surface area contributed by atoms with Crippen LogP contribution < -0.4 is 20.3 Å². The van der Waals surface area contributed by atoms with Crippen molar-refractivity contribution in [2.24, 2.45) is 0 Å². The topological polar surface area (TPSA) is 73.8 Å². The van der Waals surface area contributed by atoms with Crippen LogP contribution in [0.1, 0.15) is 19.0 Å². The third-order valence-electron chi connectivity index (χ3n) is 6.76. The maximum Gasteiger partial charge on any atom is 0.437 e. The predicted octanol–water partition coefficient (Wildman–Crippen LogP) is 5.06. The molecule has 2 aromatic heterocycles. The Morgan fingerprint density at radius 2 is 1.88 bits per heavy atom. The van der Waals surface area contributed by atoms with E-state index in [0.717, 1.165) is 0 Å². The molecule has 0 spiro atoms. The third kappa shape index (κ3) is 7.86. The van der Waals surface area contributed by atoms with Crippen LogP contribution >= 0.6 is 20.8 Å². The second-order valence-electron chi connectivity index (χ2n) is 9.74. The minimum atomic E-state index is -4.73. The van der Waals surface area contributed by atoms with Crippen LogP contribution in [0.3, 0.4) is 0 Å². The van der Waals surface area contributed by atoms with Crippen LogP contribution in [0, 0.1) is 0 Å². The molecule has 5 rings (SSSR count). The highest BCUT2D eigenvalue weighted by molar-refractivity contribution is 7.28. The van der Waals surface area contributed by atoms with E-state index >= 15 is 0 Å². The number of hydrogen-bond acceptors (Lipinski definition) is 7. The number of pyridine rings is 2. The number of ether oxygens (including phenoxy) is 1. The van der Waals surface area contributed by atoms with Gasteiger partial charge in [0.15, 0.2) is 11.4 Å². The van der Waals surface area contributed by atoms with E-state index in [4.69, 9.17) is 16.3 Å². The minimum absolute atomic E-state index is 0.0297. The Morgan fingerprint density at radius 3 is 2.56 bits per heavy atom. The average Bonchev–Trinajstić information content (AvgIpc) is 2.95. The number of aromatic nitrogens is 2. The van der Waals surface area contributed by atoms with Crippen molar-refractivity contribution in [3.8, 4) is 17.0 Å². The zero-order valence-electron chi connectivity index (χ0n) is 22.9. The molecule has 2 aliphatic heterocycles. The lowest BCUT2D eigenvalue weighted by Crippen LogP contribution is -2.44. The number of anilines is 3. The molecule has 1 saturated heterocycles. The highest BCUT2D eigenvalue weighted by Gasteiger charge is 2.40. The molecule has 1 fully saturated rings. The predicted molar refractivity (Wildman–Crippen MR) is 160 cm³/mol. The average molecular weight is 609 g/mol. The van der Waals surface area contributed by atoms with E-state index < -0.39 is 11.9 Å². The van der Waals surface area contributed by atoms with Crippen LogP contribution in [-0.2, 0) is 11.0 Å². The van der Waals surface area contributed by atoms with Gasteiger partial charge in [-0.05, 0) is 49.6 Å². The van der Waals surface area contributed by atoms with Gasteiger partial charge in [-0.15, -0.1) is 9.24 Å². The summed E-state index contributed by atoms with van der Waals surface area (Å²) in [6, 6.07) is 9.63. The fourth-order valence-corrected chi connectivity index (χ4v) is 5.18. The van der Waals surface area contributed by atoms with E-state index in [1.807, 2.05) is 0 Å². The largest absolute Gasteiger partial charge is 0.487 e. The summed E-state index contributed by atoms with van der Waals surface area (Å²) in [5, 5.41) is 3.46. The van der Waals surface area contributed by atoms with Crippen molar-refractivity contribution in [1.82, 2.24) is 19.8 Å². The normalized spacial score (nSPS) is 15.8. The van der Waals surface area contributed by atoms with Crippen molar-refractivity contribution in [3.05, 3.63) is 53.3 Å². The number of alkyl halides is 3. The number of carbonyl (C=O) groups is 1. The summed E-state index contributed by atoms with van der Waals surface area (Å²) in [7, 11) is 4.67. The maximum atomic E-state index is 13.9. The van der Waals surface area contributed by atoms with Gasteiger partial charge in [-0.3, -0.25) is 4.79 Å². The summed E-state index contributed by atoms with van der Waals surface area (Å²) >= 11 is 6.07. The van der Waals surface area contributed by atoms with Gasteiger partial charge in [0, 0.05) is 54.7 Å². The molecule has 13 heteroatoms. The monoisotopic (exact) mass is 608 g/mol. The van der Waals surface area contributed by atoms with Crippen molar-refractivity contribution in [2.75, 3.05) is 63.1 Å². The molecule has 8 nitrogen and oxygen atoms in total. The molecule has 41 heavy (non-hydrogen) atoms. The Kier molecular flexibility index (Phi) is 10.4. The molecule has 3 aromatic rings. The van der Waals surface area contributed by atoms with Crippen LogP contribution in [0.5, 0.6) is 5.75 Å². The van der Waals surface area contributed by atoms with Gasteiger partial charge in [-0.1, -0.05) is 24.6 Å². The quantitative estimate of drug-likeness (QED) is 0.310. The molecule has 4 heterocycles. The fraction of sp³-hybridized carbons (Fsp3) is 0.393. The molecule has 1 unspecified atom stereocenters. The Labute approximate surface area is 245 Å². The lowest BCUT2D eigenvalue weighted by atomic mass is 10.1. The molecule has 1 atom stereocenters. The number of benzene rings is 1. The molecular weight excluding hydrogens is 576 g/mol. The Bertz CT molecular complexity index is 1350. The summed E-state index contributed by atoms with van der Waals surface area (Å²) < 4.78 is 47.1. The lowest BCUT2D eigenvalue weighted by Gasteiger charge is -2.33. The molecule has 0 radical (unpaired) electrons. The third-order valence-corrected chi connectivity index (χ3v) is 7.50. The van der Waals surface area contributed by atoms with Gasteiger partial charge < -0.3 is 24.8 Å². The summed E-state index contributed by atoms with van der Waals surface area (Å²) in [5.41, 5.74) is 0.195. The highest BCUT2D eigenvalue weighted by atomic mass is 35.5. The molecule has 0 aliphatic carbocycles. The fourth-order valence-electron chi connectivity index (χ4n) is 4.68. The molecule has 0 bridgehead atoms. The van der Waals surface area contributed by atoms with Crippen molar-refractivity contribution in [1.29, 1.82) is 0 Å². The van der Waals surface area contributed by atoms with E-state index in [1.165, 1.54) is 51.4 Å². The molecule has 1 amide bonds. The van der Waals surface area contributed by atoms with Gasteiger partial charge in [0.05, 0.1) is 17.9 Å². The van der Waals surface area contributed by atoms with Crippen molar-refractivity contribution < 1.29 is 22.7 Å². The molecular formula is C28H33ClF3N6O2P. The van der Waals surface area contributed by atoms with E-state index in [1.54, 1.807) is 35.2 Å². The Balaban J connectivity index is 0.000000328. The van der Waals surface area contributed by atoms with Crippen molar-refractivity contribution in [3.63, 3.8) is 0 Å². The number of hydrogen-bond donors (Lipinski definition) is 1. The number of halogens is 4. The van der Waals surface area contributed by atoms with E-state index in [-0.39, 0.29) is 29.6 Å². The number of carbonyl (C=O) groups excluding carboxylic acids is 1. The van der Waals surface area contributed by atoms with Crippen LogP contribution in [-0.4, -0.2) is 79.1 Å². The maximum absolute atomic E-state index is 13.9.